The predicted octanol–water partition coefficient (Wildman–Crippen LogP) is 2.40. The van der Waals surface area contributed by atoms with E-state index in [0.29, 0.717) is 0 Å². The lowest BCUT2D eigenvalue weighted by Gasteiger charge is -2.15. The van der Waals surface area contributed by atoms with Gasteiger partial charge in [0.25, 0.3) is 0 Å². The highest BCUT2D eigenvalue weighted by atomic mass is 16.3. The van der Waals surface area contributed by atoms with Gasteiger partial charge in [0.05, 0.1) is 19.4 Å². The first-order valence-corrected chi connectivity index (χ1v) is 5.67. The van der Waals surface area contributed by atoms with E-state index in [1.165, 1.54) is 5.56 Å². The van der Waals surface area contributed by atoms with Crippen LogP contribution in [-0.2, 0) is 19.7 Å². The molecule has 0 saturated carbocycles. The van der Waals surface area contributed by atoms with Crippen molar-refractivity contribution in [3.8, 4) is 0 Å². The van der Waals surface area contributed by atoms with Crippen LogP contribution >= 0.6 is 0 Å². The zero-order valence-electron chi connectivity index (χ0n) is 9.97. The SMILES string of the molecule is CN(Cc1ccc(CO)cc1)Cc1ccco1. The first-order chi connectivity index (χ1) is 8.28. The summed E-state index contributed by atoms with van der Waals surface area (Å²) in [6, 6.07) is 11.9. The molecular weight excluding hydrogens is 214 g/mol. The van der Waals surface area contributed by atoms with Crippen LogP contribution < -0.4 is 0 Å². The van der Waals surface area contributed by atoms with Crippen LogP contribution in [0.4, 0.5) is 0 Å². The lowest BCUT2D eigenvalue weighted by atomic mass is 10.1. The summed E-state index contributed by atoms with van der Waals surface area (Å²) < 4.78 is 5.30. The van der Waals surface area contributed by atoms with Crippen LogP contribution in [-0.4, -0.2) is 17.1 Å². The largest absolute Gasteiger partial charge is 0.468 e. The van der Waals surface area contributed by atoms with Crippen LogP contribution in [0.2, 0.25) is 0 Å². The molecule has 1 aromatic heterocycles. The average molecular weight is 231 g/mol. The number of hydrogen-bond donors (Lipinski definition) is 1. The Balaban J connectivity index is 1.91. The van der Waals surface area contributed by atoms with E-state index in [1.807, 2.05) is 36.4 Å². The molecule has 3 nitrogen and oxygen atoms in total. The van der Waals surface area contributed by atoms with Crippen molar-refractivity contribution in [2.24, 2.45) is 0 Å². The van der Waals surface area contributed by atoms with Crippen LogP contribution in [0.5, 0.6) is 0 Å². The van der Waals surface area contributed by atoms with E-state index < -0.39 is 0 Å². The van der Waals surface area contributed by atoms with Crippen molar-refractivity contribution in [3.63, 3.8) is 0 Å². The average Bonchev–Trinajstić information content (AvgIpc) is 2.82. The van der Waals surface area contributed by atoms with Gasteiger partial charge in [-0.05, 0) is 30.3 Å². The lowest BCUT2D eigenvalue weighted by molar-refractivity contribution is 0.281. The smallest absolute Gasteiger partial charge is 0.117 e. The van der Waals surface area contributed by atoms with E-state index in [4.69, 9.17) is 9.52 Å². The van der Waals surface area contributed by atoms with Crippen molar-refractivity contribution in [2.75, 3.05) is 7.05 Å². The minimum absolute atomic E-state index is 0.0997. The summed E-state index contributed by atoms with van der Waals surface area (Å²) in [5.41, 5.74) is 2.18. The third-order valence-electron chi connectivity index (χ3n) is 2.66. The van der Waals surface area contributed by atoms with Crippen molar-refractivity contribution < 1.29 is 9.52 Å². The number of furan rings is 1. The quantitative estimate of drug-likeness (QED) is 0.858. The Labute approximate surface area is 101 Å². The zero-order chi connectivity index (χ0) is 12.1. The van der Waals surface area contributed by atoms with Gasteiger partial charge >= 0.3 is 0 Å². The van der Waals surface area contributed by atoms with E-state index in [1.54, 1.807) is 6.26 Å². The molecule has 0 spiro atoms. The van der Waals surface area contributed by atoms with Crippen molar-refractivity contribution in [1.82, 2.24) is 4.90 Å². The molecule has 17 heavy (non-hydrogen) atoms. The predicted molar refractivity (Wildman–Crippen MR) is 66.2 cm³/mol. The molecule has 2 rings (SSSR count). The summed E-state index contributed by atoms with van der Waals surface area (Å²) in [6.07, 6.45) is 1.69. The fourth-order valence-corrected chi connectivity index (χ4v) is 1.79. The van der Waals surface area contributed by atoms with Gasteiger partial charge in [0.15, 0.2) is 0 Å². The van der Waals surface area contributed by atoms with Gasteiger partial charge in [0, 0.05) is 6.54 Å². The number of nitrogens with zero attached hydrogens (tertiary/aromatic N) is 1. The van der Waals surface area contributed by atoms with Crippen LogP contribution in [0, 0.1) is 0 Å². The number of rotatable bonds is 5. The van der Waals surface area contributed by atoms with E-state index in [2.05, 4.69) is 11.9 Å². The molecule has 3 heteroatoms. The van der Waals surface area contributed by atoms with E-state index >= 15 is 0 Å². The number of benzene rings is 1. The maximum Gasteiger partial charge on any atom is 0.117 e. The first kappa shape index (κ1) is 11.9. The van der Waals surface area contributed by atoms with Crippen LogP contribution in [0.15, 0.2) is 47.1 Å². The number of aliphatic hydroxyl groups is 1. The molecule has 0 unspecified atom stereocenters. The Kier molecular flexibility index (Phi) is 3.96. The summed E-state index contributed by atoms with van der Waals surface area (Å²) in [5.74, 6) is 0.972. The minimum atomic E-state index is 0.0997. The molecule has 0 amide bonds. The monoisotopic (exact) mass is 231 g/mol. The summed E-state index contributed by atoms with van der Waals surface area (Å²) in [7, 11) is 2.06. The molecule has 1 N–H and O–H groups in total. The molecule has 0 aliphatic heterocycles. The van der Waals surface area contributed by atoms with E-state index in [9.17, 15) is 0 Å². The second kappa shape index (κ2) is 5.66. The second-order valence-corrected chi connectivity index (χ2v) is 4.23. The summed E-state index contributed by atoms with van der Waals surface area (Å²) in [4.78, 5) is 2.19. The summed E-state index contributed by atoms with van der Waals surface area (Å²) >= 11 is 0. The molecule has 0 bridgehead atoms. The van der Waals surface area contributed by atoms with Crippen molar-refractivity contribution in [3.05, 3.63) is 59.5 Å². The molecule has 0 radical (unpaired) electrons. The Bertz CT molecular complexity index is 434. The highest BCUT2D eigenvalue weighted by Gasteiger charge is 2.03. The summed E-state index contributed by atoms with van der Waals surface area (Å²) in [5, 5.41) is 8.96. The van der Waals surface area contributed by atoms with Gasteiger partial charge in [-0.25, -0.2) is 0 Å². The summed E-state index contributed by atoms with van der Waals surface area (Å²) in [6.45, 7) is 1.77. The van der Waals surface area contributed by atoms with E-state index in [0.717, 1.165) is 24.4 Å². The Morgan fingerprint density at radius 1 is 1.06 bits per heavy atom. The Hall–Kier alpha value is -1.58. The molecule has 2 aromatic rings. The van der Waals surface area contributed by atoms with Gasteiger partial charge in [-0.2, -0.15) is 0 Å². The molecule has 0 saturated heterocycles. The van der Waals surface area contributed by atoms with Gasteiger partial charge in [0.1, 0.15) is 5.76 Å². The van der Waals surface area contributed by atoms with Gasteiger partial charge < -0.3 is 9.52 Å². The number of aliphatic hydroxyl groups excluding tert-OH is 1. The van der Waals surface area contributed by atoms with Gasteiger partial charge in [0.2, 0.25) is 0 Å². The third-order valence-corrected chi connectivity index (χ3v) is 2.66. The standard InChI is InChI=1S/C14H17NO2/c1-15(10-14-3-2-8-17-14)9-12-4-6-13(11-16)7-5-12/h2-8,16H,9-11H2,1H3. The van der Waals surface area contributed by atoms with Gasteiger partial charge in [-0.3, -0.25) is 4.90 Å². The van der Waals surface area contributed by atoms with Crippen molar-refractivity contribution in [1.29, 1.82) is 0 Å². The Morgan fingerprint density at radius 2 is 1.76 bits per heavy atom. The van der Waals surface area contributed by atoms with Crippen LogP contribution in [0.25, 0.3) is 0 Å². The van der Waals surface area contributed by atoms with Crippen LogP contribution in [0.1, 0.15) is 16.9 Å². The third kappa shape index (κ3) is 3.44. The fourth-order valence-electron chi connectivity index (χ4n) is 1.79. The highest BCUT2D eigenvalue weighted by Crippen LogP contribution is 2.10. The maximum absolute atomic E-state index is 8.96. The normalized spacial score (nSPS) is 11.0. The molecule has 1 heterocycles. The topological polar surface area (TPSA) is 36.6 Å². The van der Waals surface area contributed by atoms with Crippen LogP contribution in [0.3, 0.4) is 0 Å². The Morgan fingerprint density at radius 3 is 2.35 bits per heavy atom. The molecule has 0 atom stereocenters. The molecular formula is C14H17NO2. The highest BCUT2D eigenvalue weighted by molar-refractivity contribution is 5.21. The molecule has 0 aliphatic rings. The van der Waals surface area contributed by atoms with E-state index in [-0.39, 0.29) is 6.61 Å². The molecule has 1 aromatic carbocycles. The van der Waals surface area contributed by atoms with Crippen molar-refractivity contribution >= 4 is 0 Å². The minimum Gasteiger partial charge on any atom is -0.468 e. The molecule has 90 valence electrons. The fraction of sp³-hybridized carbons (Fsp3) is 0.286. The maximum atomic E-state index is 8.96. The van der Waals surface area contributed by atoms with Gasteiger partial charge in [-0.1, -0.05) is 24.3 Å². The zero-order valence-corrected chi connectivity index (χ0v) is 9.97. The first-order valence-electron chi connectivity index (χ1n) is 5.67. The van der Waals surface area contributed by atoms with Crippen molar-refractivity contribution in [2.45, 2.75) is 19.7 Å². The lowest BCUT2D eigenvalue weighted by Crippen LogP contribution is -2.16. The molecule has 0 fully saturated rings. The molecule has 0 aliphatic carbocycles. The second-order valence-electron chi connectivity index (χ2n) is 4.23. The number of hydrogen-bond acceptors (Lipinski definition) is 3. The van der Waals surface area contributed by atoms with Gasteiger partial charge in [-0.15, -0.1) is 0 Å².